The molecular weight excluding hydrogens is 242 g/mol. The van der Waals surface area contributed by atoms with E-state index in [1.807, 2.05) is 31.3 Å². The first kappa shape index (κ1) is 13.5. The van der Waals surface area contributed by atoms with E-state index < -0.39 is 0 Å². The molecule has 3 N–H and O–H groups in total. The molecule has 2 rings (SSSR count). The van der Waals surface area contributed by atoms with E-state index in [0.29, 0.717) is 18.9 Å². The Morgan fingerprint density at radius 3 is 2.53 bits per heavy atom. The van der Waals surface area contributed by atoms with Crippen molar-refractivity contribution in [2.45, 2.75) is 31.8 Å². The molecule has 1 aromatic rings. The number of nitrogens with one attached hydrogen (secondary N) is 3. The number of amides is 2. The summed E-state index contributed by atoms with van der Waals surface area (Å²) in [5, 5.41) is 8.66. The van der Waals surface area contributed by atoms with Crippen LogP contribution in [-0.2, 0) is 9.59 Å². The van der Waals surface area contributed by atoms with E-state index in [4.69, 9.17) is 0 Å². The number of anilines is 1. The molecule has 0 radical (unpaired) electrons. The summed E-state index contributed by atoms with van der Waals surface area (Å²) in [4.78, 5) is 22.7. The van der Waals surface area contributed by atoms with E-state index in [1.165, 1.54) is 5.56 Å². The molecule has 19 heavy (non-hydrogen) atoms. The van der Waals surface area contributed by atoms with Gasteiger partial charge in [0.05, 0.1) is 0 Å². The summed E-state index contributed by atoms with van der Waals surface area (Å²) < 4.78 is 0. The monoisotopic (exact) mass is 261 g/mol. The average molecular weight is 261 g/mol. The van der Waals surface area contributed by atoms with Crippen molar-refractivity contribution < 1.29 is 9.59 Å². The molecule has 5 nitrogen and oxygen atoms in total. The smallest absolute Gasteiger partial charge is 0.249 e. The Labute approximate surface area is 112 Å². The second kappa shape index (κ2) is 5.84. The van der Waals surface area contributed by atoms with Gasteiger partial charge in [0, 0.05) is 18.2 Å². The van der Waals surface area contributed by atoms with E-state index >= 15 is 0 Å². The van der Waals surface area contributed by atoms with Gasteiger partial charge in [-0.25, -0.2) is 0 Å². The van der Waals surface area contributed by atoms with Crippen LogP contribution in [0.1, 0.15) is 31.4 Å². The summed E-state index contributed by atoms with van der Waals surface area (Å²) in [6, 6.07) is 7.92. The van der Waals surface area contributed by atoms with Crippen molar-refractivity contribution in [1.82, 2.24) is 10.6 Å². The molecule has 102 valence electrons. The average Bonchev–Trinajstić information content (AvgIpc) is 2.42. The Bertz CT molecular complexity index is 470. The van der Waals surface area contributed by atoms with Crippen LogP contribution in [0, 0.1) is 0 Å². The number of carbonyl (C=O) groups is 2. The fraction of sp³-hybridized carbons (Fsp3) is 0.429. The van der Waals surface area contributed by atoms with Crippen LogP contribution in [0.2, 0.25) is 0 Å². The van der Waals surface area contributed by atoms with Crippen molar-refractivity contribution in [1.29, 1.82) is 0 Å². The van der Waals surface area contributed by atoms with E-state index in [1.54, 1.807) is 0 Å². The lowest BCUT2D eigenvalue weighted by Gasteiger charge is -2.23. The largest absolute Gasteiger partial charge is 0.374 e. The van der Waals surface area contributed by atoms with E-state index in [0.717, 1.165) is 5.69 Å². The highest BCUT2D eigenvalue weighted by Gasteiger charge is 2.26. The minimum atomic E-state index is -0.328. The van der Waals surface area contributed by atoms with Crippen molar-refractivity contribution in [3.8, 4) is 0 Å². The number of imide groups is 1. The topological polar surface area (TPSA) is 70.2 Å². The van der Waals surface area contributed by atoms with Crippen molar-refractivity contribution in [2.24, 2.45) is 0 Å². The third-order valence-corrected chi connectivity index (χ3v) is 3.42. The fourth-order valence-electron chi connectivity index (χ4n) is 2.07. The molecule has 0 bridgehead atoms. The van der Waals surface area contributed by atoms with Gasteiger partial charge in [0.25, 0.3) is 0 Å². The molecule has 1 aromatic carbocycles. The third kappa shape index (κ3) is 3.32. The van der Waals surface area contributed by atoms with Crippen molar-refractivity contribution in [3.63, 3.8) is 0 Å². The molecule has 0 aromatic heterocycles. The maximum Gasteiger partial charge on any atom is 0.249 e. The van der Waals surface area contributed by atoms with E-state index in [9.17, 15) is 9.59 Å². The van der Waals surface area contributed by atoms with Crippen LogP contribution in [-0.4, -0.2) is 24.9 Å². The number of piperidine rings is 1. The minimum Gasteiger partial charge on any atom is -0.374 e. The summed E-state index contributed by atoms with van der Waals surface area (Å²) in [7, 11) is 1.92. The fourth-order valence-corrected chi connectivity index (χ4v) is 2.07. The summed E-state index contributed by atoms with van der Waals surface area (Å²) >= 11 is 0. The molecule has 0 spiro atoms. The molecule has 1 aliphatic heterocycles. The van der Waals surface area contributed by atoms with Gasteiger partial charge in [-0.3, -0.25) is 14.9 Å². The number of carbonyl (C=O) groups excluding carboxylic acids is 2. The van der Waals surface area contributed by atoms with Gasteiger partial charge in [0.2, 0.25) is 11.8 Å². The molecule has 1 saturated heterocycles. The van der Waals surface area contributed by atoms with Crippen LogP contribution in [0.5, 0.6) is 0 Å². The molecule has 1 heterocycles. The maximum atomic E-state index is 11.6. The van der Waals surface area contributed by atoms with Gasteiger partial charge in [-0.15, -0.1) is 0 Å². The lowest BCUT2D eigenvalue weighted by atomic mass is 10.0. The van der Waals surface area contributed by atoms with Crippen molar-refractivity contribution in [3.05, 3.63) is 29.8 Å². The quantitative estimate of drug-likeness (QED) is 0.712. The molecule has 5 heteroatoms. The molecule has 1 aliphatic rings. The first-order chi connectivity index (χ1) is 9.10. The lowest BCUT2D eigenvalue weighted by molar-refractivity contribution is -0.133. The van der Waals surface area contributed by atoms with Gasteiger partial charge in [-0.05, 0) is 38.1 Å². The molecule has 2 atom stereocenters. The van der Waals surface area contributed by atoms with Gasteiger partial charge in [-0.2, -0.15) is 0 Å². The molecule has 2 unspecified atom stereocenters. The summed E-state index contributed by atoms with van der Waals surface area (Å²) in [5.74, 6) is -0.440. The van der Waals surface area contributed by atoms with Gasteiger partial charge in [0.1, 0.15) is 6.04 Å². The minimum absolute atomic E-state index is 0.193. The zero-order valence-electron chi connectivity index (χ0n) is 11.2. The highest BCUT2D eigenvalue weighted by atomic mass is 16.2. The van der Waals surface area contributed by atoms with E-state index in [2.05, 4.69) is 22.9 Å². The van der Waals surface area contributed by atoms with Crippen LogP contribution in [0.4, 0.5) is 5.69 Å². The lowest BCUT2D eigenvalue weighted by Crippen LogP contribution is -2.47. The zero-order chi connectivity index (χ0) is 13.8. The second-order valence-corrected chi connectivity index (χ2v) is 4.78. The van der Waals surface area contributed by atoms with Crippen molar-refractivity contribution in [2.75, 3.05) is 12.4 Å². The zero-order valence-corrected chi connectivity index (χ0v) is 11.2. The number of hydrogen-bond acceptors (Lipinski definition) is 4. The number of rotatable bonds is 4. The second-order valence-electron chi connectivity index (χ2n) is 4.78. The van der Waals surface area contributed by atoms with E-state index in [-0.39, 0.29) is 17.9 Å². The van der Waals surface area contributed by atoms with Crippen LogP contribution < -0.4 is 16.0 Å². The molecule has 0 aliphatic carbocycles. The van der Waals surface area contributed by atoms with Crippen LogP contribution in [0.3, 0.4) is 0 Å². The normalized spacial score (nSPS) is 20.8. The van der Waals surface area contributed by atoms with Crippen LogP contribution in [0.15, 0.2) is 24.3 Å². The van der Waals surface area contributed by atoms with Crippen LogP contribution in [0.25, 0.3) is 0 Å². The molecular formula is C14H19N3O2. The first-order valence-electron chi connectivity index (χ1n) is 6.47. The number of hydrogen-bond donors (Lipinski definition) is 3. The Morgan fingerprint density at radius 2 is 1.95 bits per heavy atom. The Balaban J connectivity index is 1.99. The Kier molecular flexibility index (Phi) is 4.16. The Hall–Kier alpha value is -1.88. The molecule has 0 saturated carbocycles. The molecule has 2 amide bonds. The third-order valence-electron chi connectivity index (χ3n) is 3.42. The highest BCUT2D eigenvalue weighted by molar-refractivity contribution is 6.01. The predicted octanol–water partition coefficient (Wildman–Crippen LogP) is 1.18. The van der Waals surface area contributed by atoms with Crippen LogP contribution >= 0.6 is 0 Å². The van der Waals surface area contributed by atoms with Gasteiger partial charge in [0.15, 0.2) is 0 Å². The Morgan fingerprint density at radius 1 is 1.26 bits per heavy atom. The summed E-state index contributed by atoms with van der Waals surface area (Å²) in [6.07, 6.45) is 0.928. The molecule has 1 fully saturated rings. The first-order valence-corrected chi connectivity index (χ1v) is 6.47. The standard InChI is InChI=1S/C14H19N3O2/c1-9(15-2)10-3-5-11(6-4-10)16-12-7-8-13(18)17-14(12)19/h3-6,9,12,15-16H,7-8H2,1-2H3,(H,17,18,19). The van der Waals surface area contributed by atoms with Gasteiger partial charge >= 0.3 is 0 Å². The van der Waals surface area contributed by atoms with Gasteiger partial charge < -0.3 is 10.6 Å². The summed E-state index contributed by atoms with van der Waals surface area (Å²) in [5.41, 5.74) is 2.08. The van der Waals surface area contributed by atoms with Gasteiger partial charge in [-0.1, -0.05) is 12.1 Å². The van der Waals surface area contributed by atoms with Crippen molar-refractivity contribution >= 4 is 17.5 Å². The predicted molar refractivity (Wildman–Crippen MR) is 73.7 cm³/mol. The maximum absolute atomic E-state index is 11.6. The summed E-state index contributed by atoms with van der Waals surface area (Å²) in [6.45, 7) is 2.09. The number of benzene rings is 1. The SMILES string of the molecule is CNC(C)c1ccc(NC2CCC(=O)NC2=O)cc1. The highest BCUT2D eigenvalue weighted by Crippen LogP contribution is 2.18.